The number of hydrogen-bond donors (Lipinski definition) is 1. The van der Waals surface area contributed by atoms with Crippen LogP contribution in [0.2, 0.25) is 0 Å². The summed E-state index contributed by atoms with van der Waals surface area (Å²) < 4.78 is 10.4. The van der Waals surface area contributed by atoms with Gasteiger partial charge in [-0.05, 0) is 20.8 Å². The minimum absolute atomic E-state index is 0.103. The lowest BCUT2D eigenvalue weighted by atomic mass is 9.75. The molecule has 0 atom stereocenters. The molecular weight excluding hydrogens is 182 g/mol. The smallest absolute Gasteiger partial charge is 0.326 e. The molecule has 1 aliphatic carbocycles. The van der Waals surface area contributed by atoms with Crippen molar-refractivity contribution < 1.29 is 14.3 Å². The van der Waals surface area contributed by atoms with Gasteiger partial charge in [0.25, 0.3) is 0 Å². The summed E-state index contributed by atoms with van der Waals surface area (Å²) in [5, 5.41) is 0. The molecule has 0 saturated heterocycles. The maximum absolute atomic E-state index is 11.5. The first-order valence-electron chi connectivity index (χ1n) is 5.09. The molecule has 0 aromatic heterocycles. The monoisotopic (exact) mass is 201 g/mol. The average Bonchev–Trinajstić information content (AvgIpc) is 2.00. The van der Waals surface area contributed by atoms with Crippen molar-refractivity contribution in [3.8, 4) is 0 Å². The molecule has 4 heteroatoms. The van der Waals surface area contributed by atoms with Crippen LogP contribution in [0.1, 0.15) is 33.6 Å². The second-order valence-electron chi connectivity index (χ2n) is 4.10. The maximum atomic E-state index is 11.5. The fourth-order valence-electron chi connectivity index (χ4n) is 1.60. The molecule has 0 aromatic rings. The third kappa shape index (κ3) is 2.45. The van der Waals surface area contributed by atoms with Crippen molar-refractivity contribution in [1.29, 1.82) is 0 Å². The van der Waals surface area contributed by atoms with Gasteiger partial charge < -0.3 is 15.2 Å². The summed E-state index contributed by atoms with van der Waals surface area (Å²) in [6.45, 7) is 6.24. The van der Waals surface area contributed by atoms with E-state index in [-0.39, 0.29) is 18.2 Å². The topological polar surface area (TPSA) is 61.5 Å². The van der Waals surface area contributed by atoms with Crippen LogP contribution >= 0.6 is 0 Å². The molecule has 82 valence electrons. The zero-order valence-corrected chi connectivity index (χ0v) is 9.08. The van der Waals surface area contributed by atoms with Gasteiger partial charge >= 0.3 is 5.97 Å². The van der Waals surface area contributed by atoms with Crippen LogP contribution in [0.4, 0.5) is 0 Å². The fraction of sp³-hybridized carbons (Fsp3) is 0.900. The van der Waals surface area contributed by atoms with Gasteiger partial charge in [0.05, 0.1) is 12.2 Å². The SMILES string of the molecule is CCOC1CC(N)(C(=O)OC(C)C)C1. The van der Waals surface area contributed by atoms with Crippen LogP contribution in [0.5, 0.6) is 0 Å². The quantitative estimate of drug-likeness (QED) is 0.684. The van der Waals surface area contributed by atoms with Gasteiger partial charge in [-0.25, -0.2) is 0 Å². The number of carbonyl (C=O) groups excluding carboxylic acids is 1. The van der Waals surface area contributed by atoms with E-state index in [1.54, 1.807) is 0 Å². The lowest BCUT2D eigenvalue weighted by Gasteiger charge is -2.42. The van der Waals surface area contributed by atoms with Crippen LogP contribution in [0.25, 0.3) is 0 Å². The molecule has 14 heavy (non-hydrogen) atoms. The first-order valence-corrected chi connectivity index (χ1v) is 5.09. The Kier molecular flexibility index (Phi) is 3.50. The Morgan fingerprint density at radius 2 is 2.14 bits per heavy atom. The number of rotatable bonds is 4. The van der Waals surface area contributed by atoms with Gasteiger partial charge in [-0.1, -0.05) is 0 Å². The lowest BCUT2D eigenvalue weighted by molar-refractivity contribution is -0.164. The molecule has 1 rings (SSSR count). The molecule has 1 aliphatic rings. The first kappa shape index (κ1) is 11.5. The molecular formula is C10H19NO3. The van der Waals surface area contributed by atoms with Crippen molar-refractivity contribution in [3.05, 3.63) is 0 Å². The Morgan fingerprint density at radius 1 is 1.57 bits per heavy atom. The van der Waals surface area contributed by atoms with Gasteiger partial charge in [0.1, 0.15) is 5.54 Å². The van der Waals surface area contributed by atoms with E-state index in [1.807, 2.05) is 20.8 Å². The second kappa shape index (κ2) is 4.28. The van der Waals surface area contributed by atoms with E-state index in [9.17, 15) is 4.79 Å². The van der Waals surface area contributed by atoms with E-state index < -0.39 is 5.54 Å². The van der Waals surface area contributed by atoms with E-state index >= 15 is 0 Å². The van der Waals surface area contributed by atoms with Crippen molar-refractivity contribution in [2.75, 3.05) is 6.61 Å². The molecule has 2 N–H and O–H groups in total. The van der Waals surface area contributed by atoms with E-state index in [1.165, 1.54) is 0 Å². The van der Waals surface area contributed by atoms with E-state index in [0.717, 1.165) is 0 Å². The Morgan fingerprint density at radius 3 is 2.57 bits per heavy atom. The van der Waals surface area contributed by atoms with Gasteiger partial charge in [0.15, 0.2) is 0 Å². The second-order valence-corrected chi connectivity index (χ2v) is 4.10. The molecule has 0 amide bonds. The highest BCUT2D eigenvalue weighted by molar-refractivity contribution is 5.82. The summed E-state index contributed by atoms with van der Waals surface area (Å²) in [4.78, 5) is 11.5. The molecule has 0 spiro atoms. The van der Waals surface area contributed by atoms with Gasteiger partial charge in [-0.3, -0.25) is 4.79 Å². The Balaban J connectivity index is 2.35. The van der Waals surface area contributed by atoms with Crippen LogP contribution in [0.15, 0.2) is 0 Å². The molecule has 0 bridgehead atoms. The largest absolute Gasteiger partial charge is 0.462 e. The third-order valence-corrected chi connectivity index (χ3v) is 2.34. The zero-order chi connectivity index (χ0) is 10.8. The number of hydrogen-bond acceptors (Lipinski definition) is 4. The molecule has 0 aliphatic heterocycles. The van der Waals surface area contributed by atoms with Crippen LogP contribution in [0, 0.1) is 0 Å². The predicted octanol–water partition coefficient (Wildman–Crippen LogP) is 0.834. The van der Waals surface area contributed by atoms with Crippen LogP contribution in [-0.2, 0) is 14.3 Å². The van der Waals surface area contributed by atoms with Crippen molar-refractivity contribution in [2.24, 2.45) is 5.73 Å². The van der Waals surface area contributed by atoms with Gasteiger partial charge in [-0.15, -0.1) is 0 Å². The summed E-state index contributed by atoms with van der Waals surface area (Å²) in [6.07, 6.45) is 1.18. The molecule has 0 unspecified atom stereocenters. The minimum atomic E-state index is -0.801. The summed E-state index contributed by atoms with van der Waals surface area (Å²) in [5.74, 6) is -0.302. The van der Waals surface area contributed by atoms with E-state index in [0.29, 0.717) is 19.4 Å². The molecule has 1 saturated carbocycles. The van der Waals surface area contributed by atoms with Crippen LogP contribution in [0.3, 0.4) is 0 Å². The maximum Gasteiger partial charge on any atom is 0.326 e. The van der Waals surface area contributed by atoms with Crippen molar-refractivity contribution >= 4 is 5.97 Å². The van der Waals surface area contributed by atoms with Crippen LogP contribution < -0.4 is 5.73 Å². The standard InChI is InChI=1S/C10H19NO3/c1-4-13-8-5-10(11,6-8)9(12)14-7(2)3/h7-8H,4-6,11H2,1-3H3. The Labute approximate surface area is 84.7 Å². The van der Waals surface area contributed by atoms with Crippen molar-refractivity contribution in [2.45, 2.75) is 51.4 Å². The van der Waals surface area contributed by atoms with Gasteiger partial charge in [-0.2, -0.15) is 0 Å². The molecule has 4 nitrogen and oxygen atoms in total. The lowest BCUT2D eigenvalue weighted by Crippen LogP contribution is -2.61. The van der Waals surface area contributed by atoms with E-state index in [2.05, 4.69) is 0 Å². The highest BCUT2D eigenvalue weighted by atomic mass is 16.5. The summed E-state index contributed by atoms with van der Waals surface area (Å²) in [6, 6.07) is 0. The Hall–Kier alpha value is -0.610. The number of carbonyl (C=O) groups is 1. The fourth-order valence-corrected chi connectivity index (χ4v) is 1.60. The number of nitrogens with two attached hydrogens (primary N) is 1. The van der Waals surface area contributed by atoms with Gasteiger partial charge in [0.2, 0.25) is 0 Å². The van der Waals surface area contributed by atoms with E-state index in [4.69, 9.17) is 15.2 Å². The summed E-state index contributed by atoms with van der Waals surface area (Å²) in [7, 11) is 0. The third-order valence-electron chi connectivity index (χ3n) is 2.34. The summed E-state index contributed by atoms with van der Waals surface area (Å²) in [5.41, 5.74) is 5.06. The minimum Gasteiger partial charge on any atom is -0.462 e. The Bertz CT molecular complexity index is 209. The normalized spacial score (nSPS) is 31.4. The zero-order valence-electron chi connectivity index (χ0n) is 9.08. The van der Waals surface area contributed by atoms with Crippen LogP contribution in [-0.4, -0.2) is 30.3 Å². The highest BCUT2D eigenvalue weighted by Crippen LogP contribution is 2.33. The average molecular weight is 201 g/mol. The molecule has 0 radical (unpaired) electrons. The number of ether oxygens (including phenoxy) is 2. The number of esters is 1. The predicted molar refractivity (Wildman–Crippen MR) is 52.8 cm³/mol. The first-order chi connectivity index (χ1) is 6.48. The van der Waals surface area contributed by atoms with Gasteiger partial charge in [0, 0.05) is 19.4 Å². The summed E-state index contributed by atoms with van der Waals surface area (Å²) >= 11 is 0. The highest BCUT2D eigenvalue weighted by Gasteiger charge is 2.49. The van der Waals surface area contributed by atoms with Crippen molar-refractivity contribution in [1.82, 2.24) is 0 Å². The molecule has 0 heterocycles. The van der Waals surface area contributed by atoms with Crippen molar-refractivity contribution in [3.63, 3.8) is 0 Å². The molecule has 0 aromatic carbocycles. The molecule has 1 fully saturated rings.